The van der Waals surface area contributed by atoms with Crippen LogP contribution in [0, 0.1) is 0 Å². The summed E-state index contributed by atoms with van der Waals surface area (Å²) in [6.07, 6.45) is 4.29. The Labute approximate surface area is 160 Å². The summed E-state index contributed by atoms with van der Waals surface area (Å²) < 4.78 is 5.14. The average molecular weight is 382 g/mol. The molecule has 8 heteroatoms. The van der Waals surface area contributed by atoms with Crippen LogP contribution in [-0.4, -0.2) is 28.9 Å². The topological polar surface area (TPSA) is 93.2 Å². The van der Waals surface area contributed by atoms with Crippen molar-refractivity contribution in [3.63, 3.8) is 0 Å². The number of anilines is 1. The second kappa shape index (κ2) is 8.41. The highest BCUT2D eigenvalue weighted by atomic mass is 32.1. The second-order valence-electron chi connectivity index (χ2n) is 5.68. The van der Waals surface area contributed by atoms with Gasteiger partial charge in [-0.1, -0.05) is 12.1 Å². The molecule has 0 saturated carbocycles. The van der Waals surface area contributed by atoms with Crippen molar-refractivity contribution in [2.24, 2.45) is 0 Å². The molecule has 2 aromatic heterocycles. The number of carbonyl (C=O) groups excluding carboxylic acids is 2. The maximum Gasteiger partial charge on any atom is 0.275 e. The van der Waals surface area contributed by atoms with Crippen molar-refractivity contribution in [2.75, 3.05) is 12.4 Å². The summed E-state index contributed by atoms with van der Waals surface area (Å²) in [6, 6.07) is 8.97. The normalized spacial score (nSPS) is 11.5. The number of nitrogens with one attached hydrogen (secondary N) is 2. The van der Waals surface area contributed by atoms with Crippen LogP contribution in [0.2, 0.25) is 0 Å². The van der Waals surface area contributed by atoms with E-state index in [1.54, 1.807) is 18.6 Å². The van der Waals surface area contributed by atoms with Gasteiger partial charge in [0.25, 0.3) is 11.8 Å². The lowest BCUT2D eigenvalue weighted by Gasteiger charge is -2.15. The number of aromatic nitrogens is 2. The standard InChI is InChI=1S/C19H18N4O3S/c1-12(13-3-5-14(26-2)6-4-13)22-19(25)17-15(7-10-27-17)23-18(24)16-11-20-8-9-21-16/h3-12H,1-2H3,(H,22,25)(H,23,24)/t12-/m1/s1. The first-order chi connectivity index (χ1) is 13.1. The smallest absolute Gasteiger partial charge is 0.275 e. The fourth-order valence-electron chi connectivity index (χ4n) is 2.42. The van der Waals surface area contributed by atoms with Gasteiger partial charge in [-0.2, -0.15) is 0 Å². The summed E-state index contributed by atoms with van der Waals surface area (Å²) >= 11 is 1.26. The molecule has 1 atom stereocenters. The molecular formula is C19H18N4O3S. The van der Waals surface area contributed by atoms with Crippen LogP contribution < -0.4 is 15.4 Å². The Bertz CT molecular complexity index is 926. The maximum absolute atomic E-state index is 12.6. The van der Waals surface area contributed by atoms with Gasteiger partial charge in [-0.05, 0) is 36.1 Å². The molecule has 0 saturated heterocycles. The molecule has 3 rings (SSSR count). The number of hydrogen-bond acceptors (Lipinski definition) is 6. The Balaban J connectivity index is 1.68. The fourth-order valence-corrected chi connectivity index (χ4v) is 3.18. The second-order valence-corrected chi connectivity index (χ2v) is 6.59. The molecule has 7 nitrogen and oxygen atoms in total. The molecule has 0 aliphatic carbocycles. The molecule has 2 amide bonds. The van der Waals surface area contributed by atoms with Gasteiger partial charge in [0.2, 0.25) is 0 Å². The molecule has 0 spiro atoms. The van der Waals surface area contributed by atoms with E-state index in [4.69, 9.17) is 4.74 Å². The average Bonchev–Trinajstić information content (AvgIpc) is 3.17. The van der Waals surface area contributed by atoms with Crippen LogP contribution >= 0.6 is 11.3 Å². The number of carbonyl (C=O) groups is 2. The summed E-state index contributed by atoms with van der Waals surface area (Å²) in [6.45, 7) is 1.89. The molecule has 2 heterocycles. The van der Waals surface area contributed by atoms with Crippen molar-refractivity contribution >= 4 is 28.8 Å². The zero-order chi connectivity index (χ0) is 19.2. The summed E-state index contributed by atoms with van der Waals surface area (Å²) in [5.74, 6) is 0.0751. The van der Waals surface area contributed by atoms with Crippen molar-refractivity contribution in [2.45, 2.75) is 13.0 Å². The molecule has 2 N–H and O–H groups in total. The maximum atomic E-state index is 12.6. The van der Waals surface area contributed by atoms with Gasteiger partial charge in [0.05, 0.1) is 25.0 Å². The van der Waals surface area contributed by atoms with E-state index in [1.807, 2.05) is 31.2 Å². The number of methoxy groups -OCH3 is 1. The van der Waals surface area contributed by atoms with Crippen LogP contribution in [0.1, 0.15) is 38.7 Å². The molecule has 27 heavy (non-hydrogen) atoms. The van der Waals surface area contributed by atoms with Crippen molar-refractivity contribution in [1.82, 2.24) is 15.3 Å². The molecular weight excluding hydrogens is 364 g/mol. The van der Waals surface area contributed by atoms with Gasteiger partial charge in [0.1, 0.15) is 16.3 Å². The van der Waals surface area contributed by atoms with E-state index in [0.29, 0.717) is 10.6 Å². The first-order valence-electron chi connectivity index (χ1n) is 8.18. The highest BCUT2D eigenvalue weighted by molar-refractivity contribution is 7.12. The molecule has 0 fully saturated rings. The highest BCUT2D eigenvalue weighted by Crippen LogP contribution is 2.24. The Morgan fingerprint density at radius 1 is 1.11 bits per heavy atom. The van der Waals surface area contributed by atoms with E-state index in [9.17, 15) is 9.59 Å². The van der Waals surface area contributed by atoms with E-state index < -0.39 is 5.91 Å². The monoisotopic (exact) mass is 382 g/mol. The van der Waals surface area contributed by atoms with Gasteiger partial charge in [-0.15, -0.1) is 11.3 Å². The molecule has 3 aromatic rings. The van der Waals surface area contributed by atoms with E-state index in [0.717, 1.165) is 11.3 Å². The third-order valence-corrected chi connectivity index (χ3v) is 4.79. The van der Waals surface area contributed by atoms with E-state index in [-0.39, 0.29) is 17.6 Å². The Kier molecular flexibility index (Phi) is 5.77. The van der Waals surface area contributed by atoms with Crippen LogP contribution in [0.3, 0.4) is 0 Å². The van der Waals surface area contributed by atoms with Gasteiger partial charge in [0.15, 0.2) is 0 Å². The lowest BCUT2D eigenvalue weighted by Crippen LogP contribution is -2.27. The van der Waals surface area contributed by atoms with Gasteiger partial charge in [0, 0.05) is 12.4 Å². The summed E-state index contributed by atoms with van der Waals surface area (Å²) in [5.41, 5.74) is 1.57. The number of ether oxygens (including phenoxy) is 1. The Morgan fingerprint density at radius 2 is 1.89 bits per heavy atom. The summed E-state index contributed by atoms with van der Waals surface area (Å²) in [4.78, 5) is 33.1. The van der Waals surface area contributed by atoms with Crippen molar-refractivity contribution in [3.8, 4) is 5.75 Å². The van der Waals surface area contributed by atoms with Crippen LogP contribution in [-0.2, 0) is 0 Å². The van der Waals surface area contributed by atoms with Gasteiger partial charge in [-0.25, -0.2) is 4.98 Å². The minimum atomic E-state index is -0.418. The molecule has 0 unspecified atom stereocenters. The van der Waals surface area contributed by atoms with Crippen molar-refractivity contribution < 1.29 is 14.3 Å². The zero-order valence-electron chi connectivity index (χ0n) is 14.8. The minimum Gasteiger partial charge on any atom is -0.497 e. The molecule has 0 radical (unpaired) electrons. The third-order valence-electron chi connectivity index (χ3n) is 3.88. The quantitative estimate of drug-likeness (QED) is 0.682. The predicted molar refractivity (Wildman–Crippen MR) is 103 cm³/mol. The number of amides is 2. The number of thiophene rings is 1. The predicted octanol–water partition coefficient (Wildman–Crippen LogP) is 3.29. The van der Waals surface area contributed by atoms with Gasteiger partial charge >= 0.3 is 0 Å². The van der Waals surface area contributed by atoms with E-state index in [2.05, 4.69) is 20.6 Å². The van der Waals surface area contributed by atoms with E-state index >= 15 is 0 Å². The van der Waals surface area contributed by atoms with E-state index in [1.165, 1.54) is 29.9 Å². The molecule has 0 bridgehead atoms. The van der Waals surface area contributed by atoms with Crippen molar-refractivity contribution in [1.29, 1.82) is 0 Å². The lowest BCUT2D eigenvalue weighted by atomic mass is 10.1. The lowest BCUT2D eigenvalue weighted by molar-refractivity contribution is 0.0945. The number of hydrogen-bond donors (Lipinski definition) is 2. The van der Waals surface area contributed by atoms with Gasteiger partial charge < -0.3 is 15.4 Å². The van der Waals surface area contributed by atoms with Crippen LogP contribution in [0.25, 0.3) is 0 Å². The molecule has 138 valence electrons. The summed E-state index contributed by atoms with van der Waals surface area (Å²) in [5, 5.41) is 7.40. The Hall–Kier alpha value is -3.26. The zero-order valence-corrected chi connectivity index (χ0v) is 15.6. The molecule has 0 aliphatic heterocycles. The molecule has 1 aromatic carbocycles. The fraction of sp³-hybridized carbons (Fsp3) is 0.158. The third kappa shape index (κ3) is 4.48. The summed E-state index contributed by atoms with van der Waals surface area (Å²) in [7, 11) is 1.61. The number of benzene rings is 1. The minimum absolute atomic E-state index is 0.182. The van der Waals surface area contributed by atoms with Crippen molar-refractivity contribution in [3.05, 3.63) is 70.4 Å². The number of nitrogens with zero attached hydrogens (tertiary/aromatic N) is 2. The highest BCUT2D eigenvalue weighted by Gasteiger charge is 2.18. The largest absolute Gasteiger partial charge is 0.497 e. The first kappa shape index (κ1) is 18.5. The first-order valence-corrected chi connectivity index (χ1v) is 9.06. The number of rotatable bonds is 6. The van der Waals surface area contributed by atoms with Crippen LogP contribution in [0.5, 0.6) is 5.75 Å². The SMILES string of the molecule is COc1ccc([C@@H](C)NC(=O)c2sccc2NC(=O)c2cnccn2)cc1. The molecule has 0 aliphatic rings. The van der Waals surface area contributed by atoms with Crippen LogP contribution in [0.15, 0.2) is 54.3 Å². The van der Waals surface area contributed by atoms with Gasteiger partial charge in [-0.3, -0.25) is 14.6 Å². The van der Waals surface area contributed by atoms with Crippen LogP contribution in [0.4, 0.5) is 5.69 Å². The Morgan fingerprint density at radius 3 is 2.56 bits per heavy atom.